The molecule has 6 heteroatoms. The second-order valence-corrected chi connectivity index (χ2v) is 5.41. The highest BCUT2D eigenvalue weighted by molar-refractivity contribution is 9.10. The Hall–Kier alpha value is -1.14. The first-order valence-electron chi connectivity index (χ1n) is 4.95. The lowest BCUT2D eigenvalue weighted by Gasteiger charge is -2.05. The molecule has 2 rings (SSSR count). The van der Waals surface area contributed by atoms with Crippen molar-refractivity contribution < 1.29 is 0 Å². The number of rotatable bonds is 2. The lowest BCUT2D eigenvalue weighted by atomic mass is 10.3. The van der Waals surface area contributed by atoms with Gasteiger partial charge in [0.1, 0.15) is 22.2 Å². The molecule has 0 saturated carbocycles. The van der Waals surface area contributed by atoms with Gasteiger partial charge in [0.05, 0.1) is 4.47 Å². The van der Waals surface area contributed by atoms with Crippen LogP contribution in [0.5, 0.6) is 0 Å². The SMILES string of the molecule is Cc1cc(C)nc(Sc2ncnc(N)c2Br)c1. The van der Waals surface area contributed by atoms with Gasteiger partial charge in [-0.3, -0.25) is 0 Å². The van der Waals surface area contributed by atoms with Crippen molar-refractivity contribution in [3.63, 3.8) is 0 Å². The van der Waals surface area contributed by atoms with Crippen molar-refractivity contribution in [1.82, 2.24) is 15.0 Å². The van der Waals surface area contributed by atoms with Gasteiger partial charge in [0.25, 0.3) is 0 Å². The molecule has 4 nitrogen and oxygen atoms in total. The van der Waals surface area contributed by atoms with Crippen molar-refractivity contribution in [2.45, 2.75) is 23.9 Å². The first kappa shape index (κ1) is 12.3. The van der Waals surface area contributed by atoms with Crippen molar-refractivity contribution >= 4 is 33.5 Å². The van der Waals surface area contributed by atoms with Crippen molar-refractivity contribution in [1.29, 1.82) is 0 Å². The molecule has 2 heterocycles. The molecule has 88 valence electrons. The molecule has 2 aromatic rings. The minimum absolute atomic E-state index is 0.437. The summed E-state index contributed by atoms with van der Waals surface area (Å²) in [5.74, 6) is 0.437. The Kier molecular flexibility index (Phi) is 3.63. The van der Waals surface area contributed by atoms with E-state index in [1.807, 2.05) is 26.0 Å². The van der Waals surface area contributed by atoms with E-state index >= 15 is 0 Å². The van der Waals surface area contributed by atoms with Crippen LogP contribution in [0.15, 0.2) is 33.0 Å². The molecule has 0 aliphatic carbocycles. The number of nitrogen functional groups attached to an aromatic ring is 1. The maximum absolute atomic E-state index is 5.70. The number of hydrogen-bond acceptors (Lipinski definition) is 5. The highest BCUT2D eigenvalue weighted by atomic mass is 79.9. The Morgan fingerprint density at radius 3 is 2.71 bits per heavy atom. The molecular weight excluding hydrogens is 300 g/mol. The van der Waals surface area contributed by atoms with Crippen LogP contribution >= 0.6 is 27.7 Å². The van der Waals surface area contributed by atoms with Crippen molar-refractivity contribution in [3.8, 4) is 0 Å². The van der Waals surface area contributed by atoms with E-state index in [-0.39, 0.29) is 0 Å². The number of nitrogens with two attached hydrogens (primary N) is 1. The Labute approximate surface area is 112 Å². The predicted molar refractivity (Wildman–Crippen MR) is 72.0 cm³/mol. The molecule has 17 heavy (non-hydrogen) atoms. The van der Waals surface area contributed by atoms with Gasteiger partial charge < -0.3 is 5.73 Å². The first-order valence-corrected chi connectivity index (χ1v) is 6.56. The molecule has 0 radical (unpaired) electrons. The number of aryl methyl sites for hydroxylation is 2. The van der Waals surface area contributed by atoms with E-state index in [4.69, 9.17) is 5.73 Å². The van der Waals surface area contributed by atoms with Gasteiger partial charge in [-0.2, -0.15) is 0 Å². The third-order valence-corrected chi connectivity index (χ3v) is 4.03. The molecule has 0 aliphatic rings. The molecule has 0 saturated heterocycles. The molecule has 0 bridgehead atoms. The fraction of sp³-hybridized carbons (Fsp3) is 0.182. The Morgan fingerprint density at radius 2 is 2.00 bits per heavy atom. The van der Waals surface area contributed by atoms with Crippen LogP contribution in [0.3, 0.4) is 0 Å². The zero-order valence-corrected chi connectivity index (χ0v) is 11.8. The third kappa shape index (κ3) is 2.95. The largest absolute Gasteiger partial charge is 0.383 e. The predicted octanol–water partition coefficient (Wildman–Crippen LogP) is 2.98. The zero-order chi connectivity index (χ0) is 12.4. The highest BCUT2D eigenvalue weighted by Gasteiger charge is 2.09. The summed E-state index contributed by atoms with van der Waals surface area (Å²) in [6.07, 6.45) is 1.45. The zero-order valence-electron chi connectivity index (χ0n) is 9.44. The molecule has 0 atom stereocenters. The number of aromatic nitrogens is 3. The summed E-state index contributed by atoms with van der Waals surface area (Å²) in [6.45, 7) is 4.02. The maximum Gasteiger partial charge on any atom is 0.142 e. The van der Waals surface area contributed by atoms with Crippen LogP contribution in [-0.2, 0) is 0 Å². The fourth-order valence-electron chi connectivity index (χ4n) is 1.39. The summed E-state index contributed by atoms with van der Waals surface area (Å²) in [6, 6.07) is 4.05. The average Bonchev–Trinajstić information content (AvgIpc) is 2.23. The highest BCUT2D eigenvalue weighted by Crippen LogP contribution is 2.33. The van der Waals surface area contributed by atoms with Crippen LogP contribution < -0.4 is 5.73 Å². The minimum Gasteiger partial charge on any atom is -0.383 e. The van der Waals surface area contributed by atoms with Crippen LogP contribution in [0.1, 0.15) is 11.3 Å². The molecule has 0 aliphatic heterocycles. The van der Waals surface area contributed by atoms with Gasteiger partial charge in [-0.25, -0.2) is 15.0 Å². The van der Waals surface area contributed by atoms with Crippen LogP contribution in [0.4, 0.5) is 5.82 Å². The molecule has 2 aromatic heterocycles. The molecule has 0 spiro atoms. The summed E-state index contributed by atoms with van der Waals surface area (Å²) in [5, 5.41) is 1.68. The summed E-state index contributed by atoms with van der Waals surface area (Å²) in [5.41, 5.74) is 7.87. The molecule has 0 amide bonds. The summed E-state index contributed by atoms with van der Waals surface area (Å²) in [7, 11) is 0. The fourth-order valence-corrected chi connectivity index (χ4v) is 2.77. The van der Waals surface area contributed by atoms with Gasteiger partial charge in [-0.05, 0) is 59.2 Å². The number of pyridine rings is 1. The van der Waals surface area contributed by atoms with Crippen LogP contribution in [-0.4, -0.2) is 15.0 Å². The van der Waals surface area contributed by atoms with E-state index in [0.29, 0.717) is 10.3 Å². The number of hydrogen-bond donors (Lipinski definition) is 1. The number of anilines is 1. The van der Waals surface area contributed by atoms with Crippen molar-refractivity contribution in [3.05, 3.63) is 34.2 Å². The number of halogens is 1. The second kappa shape index (κ2) is 5.01. The van der Waals surface area contributed by atoms with E-state index in [1.165, 1.54) is 23.7 Å². The Morgan fingerprint density at radius 1 is 1.24 bits per heavy atom. The number of nitrogens with zero attached hydrogens (tertiary/aromatic N) is 3. The molecular formula is C11H11BrN4S. The second-order valence-electron chi connectivity index (χ2n) is 3.60. The van der Waals surface area contributed by atoms with Gasteiger partial charge in [0.2, 0.25) is 0 Å². The normalized spacial score (nSPS) is 10.5. The molecule has 0 fully saturated rings. The average molecular weight is 311 g/mol. The van der Waals surface area contributed by atoms with Gasteiger partial charge in [0, 0.05) is 5.69 Å². The quantitative estimate of drug-likeness (QED) is 0.864. The topological polar surface area (TPSA) is 64.7 Å². The van der Waals surface area contributed by atoms with E-state index < -0.39 is 0 Å². The summed E-state index contributed by atoms with van der Waals surface area (Å²) in [4.78, 5) is 12.5. The summed E-state index contributed by atoms with van der Waals surface area (Å²) < 4.78 is 0.714. The van der Waals surface area contributed by atoms with Crippen molar-refractivity contribution in [2.24, 2.45) is 0 Å². The first-order chi connectivity index (χ1) is 8.06. The molecule has 0 aromatic carbocycles. The smallest absolute Gasteiger partial charge is 0.142 e. The van der Waals surface area contributed by atoms with E-state index in [0.717, 1.165) is 15.7 Å². The van der Waals surface area contributed by atoms with E-state index in [2.05, 4.69) is 30.9 Å². The summed E-state index contributed by atoms with van der Waals surface area (Å²) >= 11 is 4.84. The van der Waals surface area contributed by atoms with Crippen LogP contribution in [0.25, 0.3) is 0 Å². The van der Waals surface area contributed by atoms with E-state index in [9.17, 15) is 0 Å². The molecule has 0 unspecified atom stereocenters. The van der Waals surface area contributed by atoms with Crippen LogP contribution in [0, 0.1) is 13.8 Å². The Bertz CT molecular complexity index is 539. The van der Waals surface area contributed by atoms with Crippen molar-refractivity contribution in [2.75, 3.05) is 5.73 Å². The molecule has 2 N–H and O–H groups in total. The third-order valence-electron chi connectivity index (χ3n) is 2.06. The lowest BCUT2D eigenvalue weighted by molar-refractivity contribution is 1.01. The van der Waals surface area contributed by atoms with Gasteiger partial charge in [0.15, 0.2) is 0 Å². The monoisotopic (exact) mass is 310 g/mol. The van der Waals surface area contributed by atoms with Gasteiger partial charge >= 0.3 is 0 Å². The minimum atomic E-state index is 0.437. The Balaban J connectivity index is 2.34. The van der Waals surface area contributed by atoms with Gasteiger partial charge in [-0.1, -0.05) is 0 Å². The van der Waals surface area contributed by atoms with Gasteiger partial charge in [-0.15, -0.1) is 0 Å². The van der Waals surface area contributed by atoms with Crippen LogP contribution in [0.2, 0.25) is 0 Å². The lowest BCUT2D eigenvalue weighted by Crippen LogP contribution is -1.95. The maximum atomic E-state index is 5.70. The standard InChI is InChI=1S/C11H11BrN4S/c1-6-3-7(2)16-8(4-6)17-11-9(12)10(13)14-5-15-11/h3-5H,1-2H3,(H2,13,14,15). The van der Waals surface area contributed by atoms with E-state index in [1.54, 1.807) is 0 Å².